The first-order chi connectivity index (χ1) is 13.3. The number of hydrogen-bond acceptors (Lipinski definition) is 2. The maximum Gasteiger partial charge on any atom is 0.00174 e. The van der Waals surface area contributed by atoms with Crippen molar-refractivity contribution in [3.63, 3.8) is 0 Å². The van der Waals surface area contributed by atoms with Crippen molar-refractivity contribution in [2.45, 2.75) is 57.8 Å². The number of rotatable bonds is 14. The molecule has 2 aromatic carbocycles. The molecule has 0 saturated heterocycles. The molecule has 0 saturated carbocycles. The Morgan fingerprint density at radius 2 is 0.926 bits per heavy atom. The van der Waals surface area contributed by atoms with Gasteiger partial charge in [-0.3, -0.25) is 0 Å². The van der Waals surface area contributed by atoms with Crippen molar-refractivity contribution in [2.75, 3.05) is 26.2 Å². The van der Waals surface area contributed by atoms with Crippen LogP contribution in [-0.4, -0.2) is 26.2 Å². The van der Waals surface area contributed by atoms with Gasteiger partial charge in [0.05, 0.1) is 0 Å². The van der Waals surface area contributed by atoms with Gasteiger partial charge in [-0.15, -0.1) is 0 Å². The third kappa shape index (κ3) is 9.21. The molecule has 0 aliphatic heterocycles. The Kier molecular flexibility index (Phi) is 10.8. The summed E-state index contributed by atoms with van der Waals surface area (Å²) < 4.78 is 0. The highest BCUT2D eigenvalue weighted by Gasteiger charge is 2.04. The molecule has 2 aromatic rings. The minimum atomic E-state index is 0.593. The molecule has 0 aliphatic rings. The summed E-state index contributed by atoms with van der Waals surface area (Å²) in [5.41, 5.74) is 2.86. The van der Waals surface area contributed by atoms with E-state index in [4.69, 9.17) is 0 Å². The van der Waals surface area contributed by atoms with Crippen molar-refractivity contribution in [1.29, 1.82) is 0 Å². The lowest BCUT2D eigenvalue weighted by Crippen LogP contribution is -2.21. The molecule has 0 unspecified atom stereocenters. The Morgan fingerprint density at radius 1 is 0.556 bits per heavy atom. The highest BCUT2D eigenvalue weighted by atomic mass is 14.9. The minimum absolute atomic E-state index is 0.593. The fourth-order valence-corrected chi connectivity index (χ4v) is 3.47. The van der Waals surface area contributed by atoms with Gasteiger partial charge in [-0.05, 0) is 48.9 Å². The highest BCUT2D eigenvalue weighted by molar-refractivity contribution is 5.19. The molecule has 0 fully saturated rings. The molecule has 2 atom stereocenters. The summed E-state index contributed by atoms with van der Waals surface area (Å²) in [7, 11) is 0. The molecule has 0 bridgehead atoms. The van der Waals surface area contributed by atoms with E-state index in [1.807, 2.05) is 0 Å². The highest BCUT2D eigenvalue weighted by Crippen LogP contribution is 2.14. The van der Waals surface area contributed by atoms with Gasteiger partial charge in [0.1, 0.15) is 0 Å². The fraction of sp³-hybridized carbons (Fsp3) is 0.520. The van der Waals surface area contributed by atoms with E-state index >= 15 is 0 Å². The standard InChI is InChI=1S/C25H38N2/c1-22(24-14-8-6-9-15-24)20-26-18-12-4-3-5-13-19-27-21-23(2)25-16-10-7-11-17-25/h6-11,14-17,22-23,26-27H,3-5,12-13,18-21H2,1-2H3/t22-,23-/m1/s1. The topological polar surface area (TPSA) is 24.1 Å². The predicted molar refractivity (Wildman–Crippen MR) is 119 cm³/mol. The van der Waals surface area contributed by atoms with E-state index in [9.17, 15) is 0 Å². The second-order valence-electron chi connectivity index (χ2n) is 7.80. The van der Waals surface area contributed by atoms with Crippen LogP contribution >= 0.6 is 0 Å². The van der Waals surface area contributed by atoms with E-state index in [1.165, 1.54) is 43.2 Å². The van der Waals surface area contributed by atoms with Crippen LogP contribution < -0.4 is 10.6 Å². The monoisotopic (exact) mass is 366 g/mol. The van der Waals surface area contributed by atoms with E-state index < -0.39 is 0 Å². The lowest BCUT2D eigenvalue weighted by Gasteiger charge is -2.13. The van der Waals surface area contributed by atoms with E-state index in [0.717, 1.165) is 26.2 Å². The summed E-state index contributed by atoms with van der Waals surface area (Å²) >= 11 is 0. The van der Waals surface area contributed by atoms with Gasteiger partial charge in [-0.25, -0.2) is 0 Å². The van der Waals surface area contributed by atoms with Gasteiger partial charge in [-0.1, -0.05) is 93.8 Å². The molecule has 2 N–H and O–H groups in total. The van der Waals surface area contributed by atoms with Crippen LogP contribution in [0.25, 0.3) is 0 Å². The number of unbranched alkanes of at least 4 members (excludes halogenated alkanes) is 4. The summed E-state index contributed by atoms with van der Waals surface area (Å²) in [5, 5.41) is 7.22. The van der Waals surface area contributed by atoms with Crippen LogP contribution in [0.4, 0.5) is 0 Å². The van der Waals surface area contributed by atoms with E-state index in [0.29, 0.717) is 11.8 Å². The van der Waals surface area contributed by atoms with Crippen molar-refractivity contribution in [1.82, 2.24) is 10.6 Å². The van der Waals surface area contributed by atoms with Gasteiger partial charge in [0.15, 0.2) is 0 Å². The zero-order valence-electron chi connectivity index (χ0n) is 17.3. The molecule has 0 spiro atoms. The molecule has 27 heavy (non-hydrogen) atoms. The van der Waals surface area contributed by atoms with Gasteiger partial charge in [-0.2, -0.15) is 0 Å². The smallest absolute Gasteiger partial charge is 0.00174 e. The Balaban J connectivity index is 1.38. The average molecular weight is 367 g/mol. The lowest BCUT2D eigenvalue weighted by molar-refractivity contribution is 0.536. The molecule has 0 radical (unpaired) electrons. The van der Waals surface area contributed by atoms with Crippen LogP contribution in [0.1, 0.15) is 68.9 Å². The molecule has 2 heteroatoms. The average Bonchev–Trinajstić information content (AvgIpc) is 2.73. The quantitative estimate of drug-likeness (QED) is 0.418. The van der Waals surface area contributed by atoms with Gasteiger partial charge in [0.2, 0.25) is 0 Å². The van der Waals surface area contributed by atoms with Crippen molar-refractivity contribution in [3.8, 4) is 0 Å². The third-order valence-electron chi connectivity index (χ3n) is 5.35. The van der Waals surface area contributed by atoms with Crippen LogP contribution in [0.3, 0.4) is 0 Å². The Bertz CT molecular complexity index is 528. The summed E-state index contributed by atoms with van der Waals surface area (Å²) in [4.78, 5) is 0. The zero-order valence-corrected chi connectivity index (χ0v) is 17.3. The molecule has 0 heterocycles. The molecular weight excluding hydrogens is 328 g/mol. The second kappa shape index (κ2) is 13.5. The molecule has 2 rings (SSSR count). The molecular formula is C25H38N2. The fourth-order valence-electron chi connectivity index (χ4n) is 3.47. The molecule has 2 nitrogen and oxygen atoms in total. The van der Waals surface area contributed by atoms with E-state index in [1.54, 1.807) is 0 Å². The van der Waals surface area contributed by atoms with Crippen molar-refractivity contribution >= 4 is 0 Å². The normalized spacial score (nSPS) is 13.4. The van der Waals surface area contributed by atoms with Crippen LogP contribution in [0.2, 0.25) is 0 Å². The Morgan fingerprint density at radius 3 is 1.33 bits per heavy atom. The van der Waals surface area contributed by atoms with Crippen molar-refractivity contribution in [3.05, 3.63) is 71.8 Å². The predicted octanol–water partition coefficient (Wildman–Crippen LogP) is 5.72. The first kappa shape index (κ1) is 21.7. The maximum absolute atomic E-state index is 3.61. The van der Waals surface area contributed by atoms with Crippen LogP contribution in [-0.2, 0) is 0 Å². The largest absolute Gasteiger partial charge is 0.316 e. The van der Waals surface area contributed by atoms with Crippen LogP contribution in [0.5, 0.6) is 0 Å². The summed E-state index contributed by atoms with van der Waals surface area (Å²) in [6.45, 7) is 9.04. The SMILES string of the molecule is C[C@H](CNCCCCCCCNC[C@@H](C)c1ccccc1)c1ccccc1. The Labute approximate surface area is 166 Å². The third-order valence-corrected chi connectivity index (χ3v) is 5.35. The lowest BCUT2D eigenvalue weighted by atomic mass is 10.0. The number of benzene rings is 2. The van der Waals surface area contributed by atoms with E-state index in [-0.39, 0.29) is 0 Å². The second-order valence-corrected chi connectivity index (χ2v) is 7.80. The van der Waals surface area contributed by atoms with E-state index in [2.05, 4.69) is 85.1 Å². The minimum Gasteiger partial charge on any atom is -0.316 e. The number of nitrogens with one attached hydrogen (secondary N) is 2. The molecule has 0 aromatic heterocycles. The first-order valence-corrected chi connectivity index (χ1v) is 10.8. The van der Waals surface area contributed by atoms with Crippen molar-refractivity contribution in [2.24, 2.45) is 0 Å². The van der Waals surface area contributed by atoms with Crippen LogP contribution in [0, 0.1) is 0 Å². The number of hydrogen-bond donors (Lipinski definition) is 2. The molecule has 148 valence electrons. The van der Waals surface area contributed by atoms with Gasteiger partial charge >= 0.3 is 0 Å². The van der Waals surface area contributed by atoms with Crippen molar-refractivity contribution < 1.29 is 0 Å². The zero-order chi connectivity index (χ0) is 19.2. The summed E-state index contributed by atoms with van der Waals surface area (Å²) in [6, 6.07) is 21.6. The van der Waals surface area contributed by atoms with Crippen LogP contribution in [0.15, 0.2) is 60.7 Å². The molecule has 0 amide bonds. The van der Waals surface area contributed by atoms with Gasteiger partial charge in [0, 0.05) is 13.1 Å². The van der Waals surface area contributed by atoms with Gasteiger partial charge in [0.25, 0.3) is 0 Å². The Hall–Kier alpha value is -1.64. The maximum atomic E-state index is 3.61. The summed E-state index contributed by atoms with van der Waals surface area (Å²) in [5.74, 6) is 1.19. The van der Waals surface area contributed by atoms with Gasteiger partial charge < -0.3 is 10.6 Å². The molecule has 0 aliphatic carbocycles. The first-order valence-electron chi connectivity index (χ1n) is 10.8. The summed E-state index contributed by atoms with van der Waals surface area (Å²) in [6.07, 6.45) is 6.62.